The highest BCUT2D eigenvalue weighted by molar-refractivity contribution is 14.0. The summed E-state index contributed by atoms with van der Waals surface area (Å²) in [5.41, 5.74) is 1.15. The fourth-order valence-electron chi connectivity index (χ4n) is 2.49. The summed E-state index contributed by atoms with van der Waals surface area (Å²) < 4.78 is 0. The van der Waals surface area contributed by atoms with Crippen molar-refractivity contribution in [1.82, 2.24) is 15.6 Å². The Morgan fingerprint density at radius 3 is 2.60 bits per heavy atom. The van der Waals surface area contributed by atoms with E-state index in [0.29, 0.717) is 11.8 Å². The molecule has 0 saturated carbocycles. The maximum Gasteiger partial charge on any atom is 0.191 e. The van der Waals surface area contributed by atoms with Crippen LogP contribution in [-0.2, 0) is 6.42 Å². The normalized spacial score (nSPS) is 12.8. The number of hydrogen-bond donors (Lipinski definition) is 3. The molecular weight excluding hydrogens is 447 g/mol. The maximum atomic E-state index is 9.15. The summed E-state index contributed by atoms with van der Waals surface area (Å²) in [7, 11) is 0. The second kappa shape index (κ2) is 14.7. The summed E-state index contributed by atoms with van der Waals surface area (Å²) in [4.78, 5) is 9.35. The van der Waals surface area contributed by atoms with Gasteiger partial charge in [-0.05, 0) is 25.7 Å². The van der Waals surface area contributed by atoms with Crippen molar-refractivity contribution in [3.8, 4) is 0 Å². The van der Waals surface area contributed by atoms with Gasteiger partial charge in [-0.15, -0.1) is 35.3 Å². The van der Waals surface area contributed by atoms with E-state index in [4.69, 9.17) is 5.11 Å². The highest BCUT2D eigenvalue weighted by atomic mass is 127. The monoisotopic (exact) mass is 482 g/mol. The number of nitrogens with one attached hydrogen (secondary N) is 2. The molecule has 0 spiro atoms. The van der Waals surface area contributed by atoms with E-state index in [1.165, 1.54) is 5.01 Å². The lowest BCUT2D eigenvalue weighted by molar-refractivity contribution is 0.253. The second-order valence-corrected chi connectivity index (χ2v) is 7.28. The number of aliphatic hydroxyl groups is 1. The van der Waals surface area contributed by atoms with Gasteiger partial charge in [-0.1, -0.05) is 27.2 Å². The summed E-state index contributed by atoms with van der Waals surface area (Å²) >= 11 is 1.74. The number of hydrogen-bond acceptors (Lipinski definition) is 4. The number of nitrogens with zero attached hydrogens (tertiary/aromatic N) is 2. The van der Waals surface area contributed by atoms with Gasteiger partial charge in [0.15, 0.2) is 5.96 Å². The Morgan fingerprint density at radius 1 is 1.28 bits per heavy atom. The van der Waals surface area contributed by atoms with Crippen LogP contribution >= 0.6 is 35.3 Å². The van der Waals surface area contributed by atoms with Crippen molar-refractivity contribution in [2.45, 2.75) is 59.3 Å². The van der Waals surface area contributed by atoms with E-state index in [0.717, 1.165) is 57.0 Å². The second-order valence-electron chi connectivity index (χ2n) is 6.40. The molecule has 0 aliphatic rings. The van der Waals surface area contributed by atoms with E-state index in [1.807, 2.05) is 0 Å². The van der Waals surface area contributed by atoms with Gasteiger partial charge in [0.1, 0.15) is 0 Å². The predicted octanol–water partition coefficient (Wildman–Crippen LogP) is 3.78. The lowest BCUT2D eigenvalue weighted by Crippen LogP contribution is -2.38. The molecule has 0 aromatic carbocycles. The highest BCUT2D eigenvalue weighted by Crippen LogP contribution is 2.19. The van der Waals surface area contributed by atoms with Gasteiger partial charge in [-0.2, -0.15) is 0 Å². The van der Waals surface area contributed by atoms with Crippen molar-refractivity contribution in [2.24, 2.45) is 10.9 Å². The van der Waals surface area contributed by atoms with E-state index in [2.05, 4.69) is 53.7 Å². The Bertz CT molecular complexity index is 473. The van der Waals surface area contributed by atoms with Crippen LogP contribution in [0.25, 0.3) is 0 Å². The Hall–Kier alpha value is -0.410. The lowest BCUT2D eigenvalue weighted by atomic mass is 10.0. The topological polar surface area (TPSA) is 69.5 Å². The van der Waals surface area contributed by atoms with E-state index >= 15 is 0 Å². The standard InChI is InChI=1S/C18H34N4OS.HI/c1-5-7-15(9-11-23)12-21-18(19-6-2)20-10-8-16-13-24-17(22-16)14(3)4;/h13-15,23H,5-12H2,1-4H3,(H2,19,20,21);1H. The summed E-state index contributed by atoms with van der Waals surface area (Å²) in [5, 5.41) is 19.2. The van der Waals surface area contributed by atoms with E-state index in [1.54, 1.807) is 11.3 Å². The first-order valence-corrected chi connectivity index (χ1v) is 10.1. The third kappa shape index (κ3) is 10.4. The van der Waals surface area contributed by atoms with Crippen LogP contribution in [0.2, 0.25) is 0 Å². The smallest absolute Gasteiger partial charge is 0.191 e. The Balaban J connectivity index is 0.00000576. The number of halogens is 1. The van der Waals surface area contributed by atoms with Crippen LogP contribution in [0, 0.1) is 5.92 Å². The Kier molecular flexibility index (Phi) is 14.5. The molecule has 0 radical (unpaired) electrons. The van der Waals surface area contributed by atoms with Crippen LogP contribution in [0.15, 0.2) is 10.4 Å². The first-order valence-electron chi connectivity index (χ1n) is 9.17. The summed E-state index contributed by atoms with van der Waals surface area (Å²) in [6.07, 6.45) is 3.97. The fourth-order valence-corrected chi connectivity index (χ4v) is 3.36. The SMILES string of the molecule is CCCC(CCO)CN=C(NCC)NCCc1csc(C(C)C)n1.I. The van der Waals surface area contributed by atoms with Gasteiger partial charge in [-0.25, -0.2) is 4.98 Å². The number of rotatable bonds is 11. The molecule has 146 valence electrons. The van der Waals surface area contributed by atoms with Gasteiger partial charge in [0, 0.05) is 44.0 Å². The third-order valence-electron chi connectivity index (χ3n) is 3.82. The van der Waals surface area contributed by atoms with Crippen molar-refractivity contribution < 1.29 is 5.11 Å². The van der Waals surface area contributed by atoms with Crippen molar-refractivity contribution in [3.05, 3.63) is 16.1 Å². The van der Waals surface area contributed by atoms with Gasteiger partial charge in [-0.3, -0.25) is 4.99 Å². The highest BCUT2D eigenvalue weighted by Gasteiger charge is 2.08. The molecule has 1 aromatic heterocycles. The minimum Gasteiger partial charge on any atom is -0.396 e. The van der Waals surface area contributed by atoms with Crippen LogP contribution in [0.4, 0.5) is 0 Å². The molecule has 0 bridgehead atoms. The first-order chi connectivity index (χ1) is 11.6. The van der Waals surface area contributed by atoms with Crippen LogP contribution < -0.4 is 10.6 Å². The van der Waals surface area contributed by atoms with Crippen molar-refractivity contribution in [1.29, 1.82) is 0 Å². The molecule has 5 nitrogen and oxygen atoms in total. The van der Waals surface area contributed by atoms with Gasteiger partial charge < -0.3 is 15.7 Å². The average molecular weight is 482 g/mol. The average Bonchev–Trinajstić information content (AvgIpc) is 3.02. The summed E-state index contributed by atoms with van der Waals surface area (Å²) in [6.45, 7) is 11.3. The zero-order chi connectivity index (χ0) is 17.8. The van der Waals surface area contributed by atoms with Crippen LogP contribution in [0.1, 0.15) is 63.6 Å². The predicted molar refractivity (Wildman–Crippen MR) is 119 cm³/mol. The molecule has 0 saturated heterocycles. The minimum atomic E-state index is 0. The molecule has 0 amide bonds. The van der Waals surface area contributed by atoms with Gasteiger partial charge in [0.2, 0.25) is 0 Å². The molecule has 1 aromatic rings. The number of guanidine groups is 1. The molecule has 0 aliphatic carbocycles. The Morgan fingerprint density at radius 2 is 2.04 bits per heavy atom. The zero-order valence-corrected chi connectivity index (χ0v) is 19.2. The quantitative estimate of drug-likeness (QED) is 0.255. The minimum absolute atomic E-state index is 0. The summed E-state index contributed by atoms with van der Waals surface area (Å²) in [6, 6.07) is 0. The molecule has 3 N–H and O–H groups in total. The molecule has 25 heavy (non-hydrogen) atoms. The van der Waals surface area contributed by atoms with Gasteiger partial charge in [0.25, 0.3) is 0 Å². The largest absolute Gasteiger partial charge is 0.396 e. The van der Waals surface area contributed by atoms with Crippen LogP contribution in [0.3, 0.4) is 0 Å². The van der Waals surface area contributed by atoms with Crippen molar-refractivity contribution >= 4 is 41.3 Å². The van der Waals surface area contributed by atoms with Crippen LogP contribution in [0.5, 0.6) is 0 Å². The van der Waals surface area contributed by atoms with Crippen molar-refractivity contribution in [3.63, 3.8) is 0 Å². The van der Waals surface area contributed by atoms with E-state index < -0.39 is 0 Å². The number of aromatic nitrogens is 1. The van der Waals surface area contributed by atoms with E-state index in [-0.39, 0.29) is 30.6 Å². The van der Waals surface area contributed by atoms with Crippen LogP contribution in [-0.4, -0.2) is 42.3 Å². The molecule has 7 heteroatoms. The van der Waals surface area contributed by atoms with Gasteiger partial charge in [0.05, 0.1) is 10.7 Å². The fraction of sp³-hybridized carbons (Fsp3) is 0.778. The number of aliphatic imine (C=N–C) groups is 1. The molecule has 1 rings (SSSR count). The lowest BCUT2D eigenvalue weighted by Gasteiger charge is -2.15. The third-order valence-corrected chi connectivity index (χ3v) is 5.02. The van der Waals surface area contributed by atoms with Crippen molar-refractivity contribution in [2.75, 3.05) is 26.2 Å². The van der Waals surface area contributed by atoms with E-state index in [9.17, 15) is 0 Å². The van der Waals surface area contributed by atoms with Gasteiger partial charge >= 0.3 is 0 Å². The number of aliphatic hydroxyl groups excluding tert-OH is 1. The molecule has 0 fully saturated rings. The molecule has 1 atom stereocenters. The zero-order valence-electron chi connectivity index (χ0n) is 16.0. The summed E-state index contributed by atoms with van der Waals surface area (Å²) in [5.74, 6) is 1.82. The molecule has 0 aliphatic heterocycles. The Labute approximate surface area is 174 Å². The molecule has 1 heterocycles. The molecule has 1 unspecified atom stereocenters. The first kappa shape index (κ1) is 24.6. The number of thiazole rings is 1. The molecular formula is C18H35IN4OS. The maximum absolute atomic E-state index is 9.15.